The van der Waals surface area contributed by atoms with Crippen molar-refractivity contribution in [1.29, 1.82) is 0 Å². The molecule has 1 aromatic rings. The highest BCUT2D eigenvalue weighted by Gasteiger charge is 2.02. The van der Waals surface area contributed by atoms with Gasteiger partial charge in [0.1, 0.15) is 0 Å². The summed E-state index contributed by atoms with van der Waals surface area (Å²) in [7, 11) is 0. The van der Waals surface area contributed by atoms with E-state index in [2.05, 4.69) is 44.8 Å². The van der Waals surface area contributed by atoms with Crippen molar-refractivity contribution in [2.75, 3.05) is 11.9 Å². The van der Waals surface area contributed by atoms with Gasteiger partial charge in [-0.1, -0.05) is 48.6 Å². The van der Waals surface area contributed by atoms with E-state index in [9.17, 15) is 0 Å². The van der Waals surface area contributed by atoms with Crippen molar-refractivity contribution in [2.45, 2.75) is 27.7 Å². The van der Waals surface area contributed by atoms with Crippen molar-refractivity contribution in [2.24, 2.45) is 0 Å². The largest absolute Gasteiger partial charge is 0.381 e. The third-order valence-electron chi connectivity index (χ3n) is 2.80. The Labute approximate surface area is 111 Å². The molecule has 0 spiro atoms. The average molecular weight is 241 g/mol. The topological polar surface area (TPSA) is 12.0 Å². The molecule has 1 N–H and O–H groups in total. The molecule has 0 saturated carbocycles. The lowest BCUT2D eigenvalue weighted by Gasteiger charge is -2.13. The minimum absolute atomic E-state index is 0.777. The van der Waals surface area contributed by atoms with Gasteiger partial charge in [-0.15, -0.1) is 0 Å². The van der Waals surface area contributed by atoms with E-state index >= 15 is 0 Å². The lowest BCUT2D eigenvalue weighted by atomic mass is 10.0. The number of benzene rings is 1. The van der Waals surface area contributed by atoms with Gasteiger partial charge in [-0.05, 0) is 44.4 Å². The molecule has 0 unspecified atom stereocenters. The fourth-order valence-electron chi connectivity index (χ4n) is 2.02. The maximum absolute atomic E-state index is 4.04. The normalized spacial score (nSPS) is 11.3. The summed E-state index contributed by atoms with van der Waals surface area (Å²) in [4.78, 5) is 0. The van der Waals surface area contributed by atoms with Gasteiger partial charge in [0.2, 0.25) is 0 Å². The predicted molar refractivity (Wildman–Crippen MR) is 82.2 cm³/mol. The molecular formula is C17H23N. The quantitative estimate of drug-likeness (QED) is 0.736. The Balaban J connectivity index is 2.67. The zero-order valence-corrected chi connectivity index (χ0v) is 11.9. The van der Waals surface area contributed by atoms with Gasteiger partial charge in [0, 0.05) is 12.2 Å². The van der Waals surface area contributed by atoms with Gasteiger partial charge in [-0.25, -0.2) is 0 Å². The van der Waals surface area contributed by atoms with Crippen molar-refractivity contribution in [3.05, 3.63) is 65.3 Å². The van der Waals surface area contributed by atoms with Crippen LogP contribution in [0.2, 0.25) is 0 Å². The Morgan fingerprint density at radius 1 is 1.17 bits per heavy atom. The number of nitrogens with one attached hydrogen (secondary N) is 1. The van der Waals surface area contributed by atoms with Crippen LogP contribution >= 0.6 is 0 Å². The Kier molecular flexibility index (Phi) is 5.44. The molecule has 96 valence electrons. The Bertz CT molecular complexity index is 455. The fraction of sp³-hybridized carbons (Fsp3) is 0.294. The molecule has 1 aromatic carbocycles. The molecule has 1 heteroatoms. The second-order valence-corrected chi connectivity index (χ2v) is 4.67. The molecule has 0 aliphatic carbocycles. The van der Waals surface area contributed by atoms with Crippen LogP contribution in [0.3, 0.4) is 0 Å². The van der Waals surface area contributed by atoms with Crippen LogP contribution in [0.5, 0.6) is 0 Å². The van der Waals surface area contributed by atoms with Crippen molar-refractivity contribution >= 4 is 5.69 Å². The monoisotopic (exact) mass is 241 g/mol. The Morgan fingerprint density at radius 2 is 1.78 bits per heavy atom. The number of rotatable bonds is 5. The van der Waals surface area contributed by atoms with Gasteiger partial charge in [-0.3, -0.25) is 0 Å². The van der Waals surface area contributed by atoms with E-state index in [4.69, 9.17) is 0 Å². The van der Waals surface area contributed by atoms with Crippen LogP contribution in [0, 0.1) is 20.8 Å². The van der Waals surface area contributed by atoms with E-state index in [0.29, 0.717) is 0 Å². The highest BCUT2D eigenvalue weighted by atomic mass is 14.9. The van der Waals surface area contributed by atoms with Crippen LogP contribution in [0.4, 0.5) is 5.69 Å². The molecule has 1 rings (SSSR count). The molecule has 0 bridgehead atoms. The third-order valence-corrected chi connectivity index (χ3v) is 2.80. The van der Waals surface area contributed by atoms with Gasteiger partial charge >= 0.3 is 0 Å². The summed E-state index contributed by atoms with van der Waals surface area (Å²) >= 11 is 0. The van der Waals surface area contributed by atoms with E-state index in [0.717, 1.165) is 12.1 Å². The summed E-state index contributed by atoms with van der Waals surface area (Å²) in [6.07, 6.45) is 8.06. The lowest BCUT2D eigenvalue weighted by Crippen LogP contribution is -2.06. The zero-order valence-electron chi connectivity index (χ0n) is 11.9. The first-order valence-electron chi connectivity index (χ1n) is 6.33. The average Bonchev–Trinajstić information content (AvgIpc) is 2.27. The number of hydrogen-bond donors (Lipinski definition) is 1. The van der Waals surface area contributed by atoms with E-state index < -0.39 is 0 Å². The molecule has 0 aliphatic heterocycles. The lowest BCUT2D eigenvalue weighted by molar-refractivity contribution is 1.22. The standard InChI is InChI=1S/C17H23N/c1-6-7-8-9-13(2)12-18-17-15(4)10-14(3)11-16(17)5/h6-11,18H,2,12H2,1,3-5H3/b7-6-,9-8-. The first-order valence-corrected chi connectivity index (χ1v) is 6.33. The molecule has 0 aromatic heterocycles. The summed E-state index contributed by atoms with van der Waals surface area (Å²) in [5.41, 5.74) is 6.19. The summed E-state index contributed by atoms with van der Waals surface area (Å²) in [5.74, 6) is 0. The smallest absolute Gasteiger partial charge is 0.0402 e. The van der Waals surface area contributed by atoms with Crippen LogP contribution in [-0.2, 0) is 0 Å². The predicted octanol–water partition coefficient (Wildman–Crippen LogP) is 4.71. The van der Waals surface area contributed by atoms with Crippen molar-refractivity contribution < 1.29 is 0 Å². The van der Waals surface area contributed by atoms with E-state index in [1.807, 2.05) is 31.2 Å². The summed E-state index contributed by atoms with van der Waals surface area (Å²) in [6.45, 7) is 13.2. The SMILES string of the molecule is C=C(/C=C\C=C/C)CNc1c(C)cc(C)cc1C. The molecule has 0 amide bonds. The van der Waals surface area contributed by atoms with Crippen molar-refractivity contribution in [3.63, 3.8) is 0 Å². The van der Waals surface area contributed by atoms with Crippen LogP contribution in [-0.4, -0.2) is 6.54 Å². The van der Waals surface area contributed by atoms with Crippen LogP contribution in [0.15, 0.2) is 48.6 Å². The van der Waals surface area contributed by atoms with Crippen molar-refractivity contribution in [1.82, 2.24) is 0 Å². The molecule has 1 nitrogen and oxygen atoms in total. The molecule has 0 heterocycles. The maximum atomic E-state index is 4.04. The number of anilines is 1. The first-order chi connectivity index (χ1) is 8.54. The second kappa shape index (κ2) is 6.85. The number of hydrogen-bond acceptors (Lipinski definition) is 1. The van der Waals surface area contributed by atoms with Crippen LogP contribution < -0.4 is 5.32 Å². The Morgan fingerprint density at radius 3 is 2.33 bits per heavy atom. The highest BCUT2D eigenvalue weighted by Crippen LogP contribution is 2.21. The fourth-order valence-corrected chi connectivity index (χ4v) is 2.02. The van der Waals surface area contributed by atoms with Gasteiger partial charge in [0.05, 0.1) is 0 Å². The van der Waals surface area contributed by atoms with E-state index in [1.54, 1.807) is 0 Å². The summed E-state index contributed by atoms with van der Waals surface area (Å²) < 4.78 is 0. The minimum Gasteiger partial charge on any atom is -0.381 e. The molecular weight excluding hydrogens is 218 g/mol. The zero-order chi connectivity index (χ0) is 13.5. The highest BCUT2D eigenvalue weighted by molar-refractivity contribution is 5.58. The maximum Gasteiger partial charge on any atom is 0.0402 e. The van der Waals surface area contributed by atoms with E-state index in [1.165, 1.54) is 22.4 Å². The molecule has 0 aliphatic rings. The summed E-state index contributed by atoms with van der Waals surface area (Å²) in [5, 5.41) is 3.46. The number of aryl methyl sites for hydroxylation is 3. The molecule has 0 atom stereocenters. The second-order valence-electron chi connectivity index (χ2n) is 4.67. The van der Waals surface area contributed by atoms with Crippen molar-refractivity contribution in [3.8, 4) is 0 Å². The molecule has 0 saturated heterocycles. The van der Waals surface area contributed by atoms with E-state index in [-0.39, 0.29) is 0 Å². The Hall–Kier alpha value is -1.76. The van der Waals surface area contributed by atoms with Crippen LogP contribution in [0.1, 0.15) is 23.6 Å². The van der Waals surface area contributed by atoms with Gasteiger partial charge in [0.25, 0.3) is 0 Å². The summed E-state index contributed by atoms with van der Waals surface area (Å²) in [6, 6.07) is 4.40. The minimum atomic E-state index is 0.777. The van der Waals surface area contributed by atoms with Gasteiger partial charge in [-0.2, -0.15) is 0 Å². The van der Waals surface area contributed by atoms with Gasteiger partial charge < -0.3 is 5.32 Å². The molecule has 18 heavy (non-hydrogen) atoms. The molecule has 0 fully saturated rings. The van der Waals surface area contributed by atoms with Crippen LogP contribution in [0.25, 0.3) is 0 Å². The first kappa shape index (κ1) is 14.3. The molecule has 0 radical (unpaired) electrons. The number of allylic oxidation sites excluding steroid dienone is 3. The van der Waals surface area contributed by atoms with Gasteiger partial charge in [0.15, 0.2) is 0 Å². The third kappa shape index (κ3) is 4.25.